The number of nitrogens with one attached hydrogen (secondary N) is 1. The number of nitrogens with zero attached hydrogens (tertiary/aromatic N) is 5. The minimum absolute atomic E-state index is 0. The smallest absolute Gasteiger partial charge is 0.659 e. The molecule has 23 heavy (non-hydrogen) atoms. The Morgan fingerprint density at radius 1 is 0.957 bits per heavy atom. The van der Waals surface area contributed by atoms with Crippen LogP contribution in [0.5, 0.6) is 0 Å². The van der Waals surface area contributed by atoms with Gasteiger partial charge in [-0.3, -0.25) is 0 Å². The first-order valence-electron chi connectivity index (χ1n) is 7.43. The summed E-state index contributed by atoms with van der Waals surface area (Å²) in [6, 6.07) is 8.43. The Morgan fingerprint density at radius 2 is 1.65 bits per heavy atom. The maximum atomic E-state index is 4.38. The summed E-state index contributed by atoms with van der Waals surface area (Å²) in [6.45, 7) is 3.85. The van der Waals surface area contributed by atoms with Gasteiger partial charge in [-0.1, -0.05) is 0 Å². The van der Waals surface area contributed by atoms with Crippen LogP contribution in [-0.2, 0) is 0 Å². The van der Waals surface area contributed by atoms with Crippen LogP contribution in [0.15, 0.2) is 49.1 Å². The van der Waals surface area contributed by atoms with Crippen LogP contribution >= 0.6 is 0 Å². The number of aromatic nitrogens is 3. The van der Waals surface area contributed by atoms with Crippen LogP contribution in [-0.4, -0.2) is 40.5 Å². The number of fused-ring (bicyclic) bond motifs is 1. The van der Waals surface area contributed by atoms with Crippen LogP contribution in [0.3, 0.4) is 0 Å². The number of piperazine rings is 1. The number of hydrogen-bond acceptors (Lipinski definition) is 4. The Labute approximate surface area is 184 Å². The molecule has 0 unspecified atom stereocenters. The van der Waals surface area contributed by atoms with Crippen LogP contribution in [0.25, 0.3) is 11.0 Å². The van der Waals surface area contributed by atoms with Crippen molar-refractivity contribution < 1.29 is 58.2 Å². The third kappa shape index (κ3) is 3.83. The van der Waals surface area contributed by atoms with Gasteiger partial charge in [-0.15, -0.1) is 13.1 Å². The minimum atomic E-state index is 0. The second-order valence-corrected chi connectivity index (χ2v) is 5.26. The van der Waals surface area contributed by atoms with E-state index in [1.807, 2.05) is 16.8 Å². The van der Waals surface area contributed by atoms with Crippen molar-refractivity contribution in [1.29, 1.82) is 0 Å². The Balaban J connectivity index is 0.00000156. The molecule has 112 valence electrons. The Hall–Kier alpha value is -0.795. The first kappa shape index (κ1) is 17.0. The number of anilines is 3. The minimum Gasteiger partial charge on any atom is -0.659 e. The van der Waals surface area contributed by atoms with Gasteiger partial charge in [0.15, 0.2) is 11.5 Å². The monoisotopic (exact) mass is 378 g/mol. The molecule has 6 nitrogen and oxygen atoms in total. The van der Waals surface area contributed by atoms with Crippen molar-refractivity contribution in [3.8, 4) is 0 Å². The SMILES string of the molecule is [Rb+].c1cn2ccnc2c(Nc2ccc(N3CC[N-]CC3)cc2)n1. The molecule has 7 heteroatoms. The molecule has 1 N–H and O–H groups in total. The van der Waals surface area contributed by atoms with Gasteiger partial charge in [0.05, 0.1) is 0 Å². The quantitative estimate of drug-likeness (QED) is 0.678. The maximum Gasteiger partial charge on any atom is 1.00 e. The van der Waals surface area contributed by atoms with E-state index in [0.29, 0.717) is 0 Å². The van der Waals surface area contributed by atoms with Crippen molar-refractivity contribution in [3.05, 3.63) is 54.4 Å². The van der Waals surface area contributed by atoms with Gasteiger partial charge in [-0.25, -0.2) is 9.97 Å². The van der Waals surface area contributed by atoms with E-state index in [2.05, 4.69) is 49.8 Å². The molecule has 1 fully saturated rings. The van der Waals surface area contributed by atoms with E-state index in [-0.39, 0.29) is 58.2 Å². The van der Waals surface area contributed by atoms with E-state index < -0.39 is 0 Å². The van der Waals surface area contributed by atoms with Gasteiger partial charge >= 0.3 is 58.2 Å². The van der Waals surface area contributed by atoms with Gasteiger partial charge in [-0.05, 0) is 37.4 Å². The zero-order valence-electron chi connectivity index (χ0n) is 13.2. The summed E-state index contributed by atoms with van der Waals surface area (Å²) < 4.78 is 1.95. The van der Waals surface area contributed by atoms with E-state index in [9.17, 15) is 0 Å². The zero-order valence-corrected chi connectivity index (χ0v) is 18.1. The molecule has 1 aromatic carbocycles. The molecule has 2 aromatic heterocycles. The van der Waals surface area contributed by atoms with Crippen molar-refractivity contribution in [1.82, 2.24) is 14.4 Å². The molecule has 3 aromatic rings. The second kappa shape index (κ2) is 7.85. The standard InChI is InChI=1S/C16H17N6.Rb/c1-3-14(21-9-5-17-6-10-21)4-2-13(1)20-15-16-19-8-12-22(16)11-7-18-15;/h1-4,7-8,11-12H,5-6,9-10H2,(H,18,20);/q-1;+1. The van der Waals surface area contributed by atoms with Gasteiger partial charge in [0.25, 0.3) is 0 Å². The van der Waals surface area contributed by atoms with Crippen LogP contribution in [0, 0.1) is 0 Å². The van der Waals surface area contributed by atoms with Crippen LogP contribution in [0.4, 0.5) is 17.2 Å². The summed E-state index contributed by atoms with van der Waals surface area (Å²) in [7, 11) is 0. The van der Waals surface area contributed by atoms with Crippen molar-refractivity contribution in [2.75, 3.05) is 36.4 Å². The number of rotatable bonds is 3. The van der Waals surface area contributed by atoms with Crippen molar-refractivity contribution in [3.63, 3.8) is 0 Å². The van der Waals surface area contributed by atoms with Crippen LogP contribution in [0.2, 0.25) is 0 Å². The fraction of sp³-hybridized carbons (Fsp3) is 0.250. The average Bonchev–Trinajstić information content (AvgIpc) is 3.06. The summed E-state index contributed by atoms with van der Waals surface area (Å²) in [5.41, 5.74) is 3.07. The Bertz CT molecular complexity index is 764. The number of imidazole rings is 1. The second-order valence-electron chi connectivity index (χ2n) is 5.26. The topological polar surface area (TPSA) is 59.6 Å². The average molecular weight is 379 g/mol. The van der Waals surface area contributed by atoms with Gasteiger partial charge in [0.1, 0.15) is 0 Å². The van der Waals surface area contributed by atoms with Gasteiger partial charge in [-0.2, -0.15) is 0 Å². The molecule has 0 atom stereocenters. The van der Waals surface area contributed by atoms with Gasteiger partial charge in [0, 0.05) is 36.2 Å². The van der Waals surface area contributed by atoms with Gasteiger partial charge < -0.3 is 19.9 Å². The molecule has 0 radical (unpaired) electrons. The molecule has 0 amide bonds. The van der Waals surface area contributed by atoms with Crippen molar-refractivity contribution >= 4 is 22.8 Å². The van der Waals surface area contributed by atoms with Crippen LogP contribution in [0.1, 0.15) is 0 Å². The Morgan fingerprint density at radius 3 is 2.39 bits per heavy atom. The van der Waals surface area contributed by atoms with E-state index >= 15 is 0 Å². The third-order valence-corrected chi connectivity index (χ3v) is 3.86. The summed E-state index contributed by atoms with van der Waals surface area (Å²) in [6.07, 6.45) is 7.33. The van der Waals surface area contributed by atoms with Crippen molar-refractivity contribution in [2.45, 2.75) is 0 Å². The maximum absolute atomic E-state index is 4.38. The molecule has 1 aliphatic rings. The fourth-order valence-corrected chi connectivity index (χ4v) is 2.70. The predicted octanol–water partition coefficient (Wildman–Crippen LogP) is -0.329. The van der Waals surface area contributed by atoms with E-state index in [0.717, 1.165) is 43.3 Å². The van der Waals surface area contributed by atoms with E-state index in [1.165, 1.54) is 5.69 Å². The summed E-state index contributed by atoms with van der Waals surface area (Å²) >= 11 is 0. The molecule has 0 aliphatic carbocycles. The molecule has 1 aliphatic heterocycles. The molecular formula is C16H17N6Rb. The Kier molecular flexibility index (Phi) is 5.82. The van der Waals surface area contributed by atoms with E-state index in [4.69, 9.17) is 0 Å². The molecule has 3 heterocycles. The van der Waals surface area contributed by atoms with Gasteiger partial charge in [0.2, 0.25) is 0 Å². The molecule has 0 spiro atoms. The third-order valence-electron chi connectivity index (χ3n) is 3.86. The number of hydrogen-bond donors (Lipinski definition) is 1. The predicted molar refractivity (Wildman–Crippen MR) is 88.0 cm³/mol. The molecule has 0 bridgehead atoms. The molecular weight excluding hydrogens is 362 g/mol. The molecule has 1 saturated heterocycles. The number of benzene rings is 1. The normalized spacial score (nSPS) is 14.5. The first-order chi connectivity index (χ1) is 10.9. The summed E-state index contributed by atoms with van der Waals surface area (Å²) in [4.78, 5) is 11.1. The molecule has 4 rings (SSSR count). The van der Waals surface area contributed by atoms with Crippen LogP contribution < -0.4 is 68.4 Å². The zero-order chi connectivity index (χ0) is 14.8. The molecule has 0 saturated carbocycles. The summed E-state index contributed by atoms with van der Waals surface area (Å²) in [5, 5.41) is 7.71. The fourth-order valence-electron chi connectivity index (χ4n) is 2.70. The van der Waals surface area contributed by atoms with Crippen molar-refractivity contribution in [2.24, 2.45) is 0 Å². The largest absolute Gasteiger partial charge is 1.00 e. The first-order valence-corrected chi connectivity index (χ1v) is 7.43. The summed E-state index contributed by atoms with van der Waals surface area (Å²) in [5.74, 6) is 0.761. The van der Waals surface area contributed by atoms with E-state index in [1.54, 1.807) is 12.4 Å².